The lowest BCUT2D eigenvalue weighted by Gasteiger charge is -2.40. The zero-order valence-corrected chi connectivity index (χ0v) is 47.3. The molecule has 14 aromatic carbocycles. The van der Waals surface area contributed by atoms with Crippen LogP contribution < -0.4 is 4.90 Å². The van der Waals surface area contributed by atoms with Gasteiger partial charge in [0.25, 0.3) is 0 Å². The summed E-state index contributed by atoms with van der Waals surface area (Å²) in [6, 6.07) is 117. The highest BCUT2D eigenvalue weighted by Gasteiger charge is 2.53. The molecule has 0 saturated carbocycles. The third-order valence-corrected chi connectivity index (χ3v) is 20.3. The van der Waals surface area contributed by atoms with Crippen LogP contribution in [0.5, 0.6) is 0 Å². The summed E-state index contributed by atoms with van der Waals surface area (Å²) in [5.74, 6) is 0. The number of hydrogen-bond donors (Lipinski definition) is 0. The van der Waals surface area contributed by atoms with Gasteiger partial charge in [0.15, 0.2) is 0 Å². The second-order valence-corrected chi connectivity index (χ2v) is 24.2. The molecule has 20 rings (SSSR count). The number of nitrogens with zero attached hydrogens (tertiary/aromatic N) is 3. The average Bonchev–Trinajstić information content (AvgIpc) is 1.58. The minimum atomic E-state index is -0.624. The lowest BCUT2D eigenvalue weighted by atomic mass is 9.65. The molecule has 16 aromatic rings. The molecule has 402 valence electrons. The summed E-state index contributed by atoms with van der Waals surface area (Å²) in [7, 11) is 0. The van der Waals surface area contributed by atoms with Crippen LogP contribution in [0.25, 0.3) is 110 Å². The predicted molar refractivity (Wildman–Crippen MR) is 360 cm³/mol. The normalized spacial score (nSPS) is 15.0. The second kappa shape index (κ2) is 17.2. The van der Waals surface area contributed by atoms with E-state index in [1.807, 2.05) is 0 Å². The number of para-hydroxylation sites is 5. The number of rotatable bonds is 5. The van der Waals surface area contributed by atoms with E-state index in [0.29, 0.717) is 0 Å². The maximum Gasteiger partial charge on any atom is 0.0755 e. The molecule has 0 amide bonds. The van der Waals surface area contributed by atoms with Crippen LogP contribution in [0.1, 0.15) is 44.5 Å². The van der Waals surface area contributed by atoms with E-state index in [0.717, 1.165) is 28.3 Å². The van der Waals surface area contributed by atoms with E-state index in [2.05, 4.69) is 323 Å². The van der Waals surface area contributed by atoms with Gasteiger partial charge in [-0.15, -0.1) is 0 Å². The molecule has 3 nitrogen and oxygen atoms in total. The van der Waals surface area contributed by atoms with Crippen molar-refractivity contribution in [3.05, 3.63) is 354 Å². The zero-order valence-electron chi connectivity index (χ0n) is 47.3. The molecule has 1 unspecified atom stereocenters. The van der Waals surface area contributed by atoms with E-state index in [1.54, 1.807) is 0 Å². The fraction of sp³-hybridized carbons (Fsp3) is 0.0238. The molecule has 0 N–H and O–H groups in total. The van der Waals surface area contributed by atoms with Crippen molar-refractivity contribution in [2.75, 3.05) is 4.90 Å². The molecule has 0 fully saturated rings. The summed E-state index contributed by atoms with van der Waals surface area (Å²) < 4.78 is 4.95. The average molecular weight is 1100 g/mol. The Morgan fingerprint density at radius 3 is 1.46 bits per heavy atom. The van der Waals surface area contributed by atoms with Crippen molar-refractivity contribution in [2.45, 2.75) is 10.8 Å². The number of aromatic nitrogens is 2. The van der Waals surface area contributed by atoms with Crippen molar-refractivity contribution in [2.24, 2.45) is 0 Å². The minimum Gasteiger partial charge on any atom is -0.310 e. The first kappa shape index (κ1) is 47.1. The topological polar surface area (TPSA) is 13.1 Å². The van der Waals surface area contributed by atoms with Crippen LogP contribution in [-0.4, -0.2) is 9.13 Å². The quantitative estimate of drug-likeness (QED) is 0.167. The molecule has 2 aromatic heterocycles. The molecule has 87 heavy (non-hydrogen) atoms. The van der Waals surface area contributed by atoms with Crippen molar-refractivity contribution in [1.82, 2.24) is 9.13 Å². The summed E-state index contributed by atoms with van der Waals surface area (Å²) in [5, 5.41) is 7.57. The van der Waals surface area contributed by atoms with Crippen LogP contribution in [0.2, 0.25) is 0 Å². The molecular weight excluding hydrogens is 1050 g/mol. The first-order chi connectivity index (χ1) is 43.2. The molecule has 4 aliphatic rings. The van der Waals surface area contributed by atoms with Crippen LogP contribution in [-0.2, 0) is 10.8 Å². The van der Waals surface area contributed by atoms with Crippen molar-refractivity contribution < 1.29 is 0 Å². The number of fused-ring (bicyclic) bond motifs is 27. The molecular formula is C84H51N3. The van der Waals surface area contributed by atoms with Gasteiger partial charge in [0.05, 0.1) is 38.6 Å². The van der Waals surface area contributed by atoms with Gasteiger partial charge in [0, 0.05) is 44.3 Å². The summed E-state index contributed by atoms with van der Waals surface area (Å²) in [6.45, 7) is 0. The summed E-state index contributed by atoms with van der Waals surface area (Å²) >= 11 is 0. The Labute approximate surface area is 503 Å². The van der Waals surface area contributed by atoms with Gasteiger partial charge in [-0.3, -0.25) is 0 Å². The van der Waals surface area contributed by atoms with Crippen LogP contribution in [0.3, 0.4) is 0 Å². The standard InChI is InChI=1S/C84H51N3/c1-2-20-55(21-3-1)86-77-34-15-9-26-64(77)66-45-39-54(49-80(66)86)52-37-41-56(42-38-52)85(58-44-47-68-76(51-58)83(73-48-40-53-19-4-5-22-59(53)81(68)73)69-29-11-6-23-60(69)61-24-7-12-30-70(61)83)57-43-46-63-62-25-8-13-31-71(62)84(75(63)50-57)72-32-14-17-36-79(72)87-78-35-16-10-27-65(78)67-28-18-33-74(84)82(67)87/h1-51H. The fourth-order valence-corrected chi connectivity index (χ4v) is 17.0. The van der Waals surface area contributed by atoms with Crippen molar-refractivity contribution in [3.63, 3.8) is 0 Å². The van der Waals surface area contributed by atoms with Crippen LogP contribution in [0, 0.1) is 0 Å². The molecule has 1 aliphatic heterocycles. The number of hydrogen-bond acceptors (Lipinski definition) is 1. The van der Waals surface area contributed by atoms with Crippen molar-refractivity contribution in [1.29, 1.82) is 0 Å². The van der Waals surface area contributed by atoms with Gasteiger partial charge >= 0.3 is 0 Å². The molecule has 2 spiro atoms. The zero-order chi connectivity index (χ0) is 56.7. The smallest absolute Gasteiger partial charge is 0.0755 e. The van der Waals surface area contributed by atoms with Gasteiger partial charge in [0.1, 0.15) is 0 Å². The van der Waals surface area contributed by atoms with Crippen LogP contribution >= 0.6 is 0 Å². The lowest BCUT2D eigenvalue weighted by Crippen LogP contribution is -2.33. The predicted octanol–water partition coefficient (Wildman–Crippen LogP) is 21.2. The van der Waals surface area contributed by atoms with Gasteiger partial charge in [0.2, 0.25) is 0 Å². The molecule has 3 heteroatoms. The van der Waals surface area contributed by atoms with Gasteiger partial charge in [-0.25, -0.2) is 0 Å². The third kappa shape index (κ3) is 5.95. The number of benzene rings is 14. The van der Waals surface area contributed by atoms with E-state index in [9.17, 15) is 0 Å². The Morgan fingerprint density at radius 1 is 0.253 bits per heavy atom. The van der Waals surface area contributed by atoms with Crippen LogP contribution in [0.4, 0.5) is 17.1 Å². The fourth-order valence-electron chi connectivity index (χ4n) is 17.0. The van der Waals surface area contributed by atoms with E-state index in [4.69, 9.17) is 0 Å². The van der Waals surface area contributed by atoms with Gasteiger partial charge in [-0.1, -0.05) is 237 Å². The molecule has 0 saturated heterocycles. The SMILES string of the molecule is c1ccc(-n2c3ccccc3c3ccc(-c4ccc(N(c5ccc6c(c5)C5(c7ccccc7-c7ccccc75)c5ccc7ccccc7c5-6)c5ccc6c(c5)C5(c7ccccc7-6)c6ccccc6-n6c7ccccc7c7cccc5c76)cc4)cc32)cc1. The maximum atomic E-state index is 2.56. The second-order valence-electron chi connectivity index (χ2n) is 24.2. The highest BCUT2D eigenvalue weighted by molar-refractivity contribution is 6.14. The Kier molecular flexibility index (Phi) is 9.32. The van der Waals surface area contributed by atoms with E-state index in [-0.39, 0.29) is 0 Å². The highest BCUT2D eigenvalue weighted by Crippen LogP contribution is 2.66. The van der Waals surface area contributed by atoms with E-state index < -0.39 is 10.8 Å². The van der Waals surface area contributed by atoms with Gasteiger partial charge in [-0.2, -0.15) is 0 Å². The molecule has 3 heterocycles. The molecule has 3 aliphatic carbocycles. The number of anilines is 3. The van der Waals surface area contributed by atoms with Gasteiger partial charge < -0.3 is 14.0 Å². The first-order valence-corrected chi connectivity index (χ1v) is 30.4. The lowest BCUT2D eigenvalue weighted by molar-refractivity contribution is 0.748. The van der Waals surface area contributed by atoms with E-state index >= 15 is 0 Å². The monoisotopic (exact) mass is 1100 g/mol. The largest absolute Gasteiger partial charge is 0.310 e. The molecule has 0 radical (unpaired) electrons. The highest BCUT2D eigenvalue weighted by atomic mass is 15.1. The van der Waals surface area contributed by atoms with Gasteiger partial charge in [-0.05, 0) is 173 Å². The Morgan fingerprint density at radius 2 is 0.747 bits per heavy atom. The Hall–Kier alpha value is -11.3. The Bertz CT molecular complexity index is 5620. The molecule has 0 bridgehead atoms. The van der Waals surface area contributed by atoms with Crippen molar-refractivity contribution >= 4 is 71.4 Å². The molecule has 1 atom stereocenters. The summed E-state index contributed by atoms with van der Waals surface area (Å²) in [6.07, 6.45) is 0. The van der Waals surface area contributed by atoms with Crippen molar-refractivity contribution in [3.8, 4) is 55.9 Å². The summed E-state index contributed by atoms with van der Waals surface area (Å²) in [5.41, 5.74) is 29.9. The first-order valence-electron chi connectivity index (χ1n) is 30.4. The Balaban J connectivity index is 0.843. The minimum absolute atomic E-state index is 0.555. The maximum absolute atomic E-state index is 2.56. The third-order valence-electron chi connectivity index (χ3n) is 20.3. The van der Waals surface area contributed by atoms with Crippen LogP contribution in [0.15, 0.2) is 309 Å². The summed E-state index contributed by atoms with van der Waals surface area (Å²) in [4.78, 5) is 2.55. The van der Waals surface area contributed by atoms with E-state index in [1.165, 1.54) is 144 Å².